The number of benzene rings is 2. The van der Waals surface area contributed by atoms with Crippen molar-refractivity contribution < 1.29 is 27.8 Å². The number of halogens is 5. The molecule has 3 rings (SSSR count). The monoisotopic (exact) mass is 488 g/mol. The second-order valence-corrected chi connectivity index (χ2v) is 7.62. The van der Waals surface area contributed by atoms with Crippen LogP contribution in [0.3, 0.4) is 0 Å². The van der Waals surface area contributed by atoms with Gasteiger partial charge in [0.15, 0.2) is 5.69 Å². The highest BCUT2D eigenvalue weighted by Gasteiger charge is 2.38. The van der Waals surface area contributed by atoms with Gasteiger partial charge in [-0.15, -0.1) is 0 Å². The molecule has 0 amide bonds. The maximum Gasteiger partial charge on any atom is 0.435 e. The predicted molar refractivity (Wildman–Crippen MR) is 118 cm³/mol. The van der Waals surface area contributed by atoms with E-state index in [2.05, 4.69) is 5.10 Å². The molecule has 0 spiro atoms. The van der Waals surface area contributed by atoms with Crippen LogP contribution in [0.25, 0.3) is 0 Å². The molecule has 1 heterocycles. The van der Waals surface area contributed by atoms with E-state index >= 15 is 0 Å². The number of phenolic OH excluding ortho intramolecular Hbond substituents is 1. The molecule has 3 aromatic rings. The molecule has 0 fully saturated rings. The molecule has 0 radical (unpaired) electrons. The van der Waals surface area contributed by atoms with Gasteiger partial charge in [0, 0.05) is 12.6 Å². The van der Waals surface area contributed by atoms with E-state index in [1.165, 1.54) is 43.8 Å². The van der Waals surface area contributed by atoms with Crippen LogP contribution in [0.15, 0.2) is 59.1 Å². The lowest BCUT2D eigenvalue weighted by molar-refractivity contribution is -0.141. The third-order valence-corrected chi connectivity index (χ3v) is 4.36. The highest BCUT2D eigenvalue weighted by atomic mass is 35.5. The second kappa shape index (κ2) is 11.2. The van der Waals surface area contributed by atoms with E-state index in [1.54, 1.807) is 6.08 Å². The Kier molecular flexibility index (Phi) is 8.86. The molecule has 0 atom stereocenters. The topological polar surface area (TPSA) is 56.5 Å². The van der Waals surface area contributed by atoms with Gasteiger partial charge in [-0.25, -0.2) is 4.68 Å². The van der Waals surface area contributed by atoms with Crippen molar-refractivity contribution >= 4 is 23.2 Å². The summed E-state index contributed by atoms with van der Waals surface area (Å²) in [5.74, 6) is 1.19. The second-order valence-electron chi connectivity index (χ2n) is 6.61. The van der Waals surface area contributed by atoms with Gasteiger partial charge < -0.3 is 14.6 Å². The zero-order valence-corrected chi connectivity index (χ0v) is 19.0. The lowest BCUT2D eigenvalue weighted by atomic mass is 10.2. The van der Waals surface area contributed by atoms with Gasteiger partial charge >= 0.3 is 6.18 Å². The van der Waals surface area contributed by atoms with E-state index in [9.17, 15) is 13.2 Å². The number of alkyl halides is 3. The highest BCUT2D eigenvalue weighted by molar-refractivity contribution is 6.55. The number of aromatic hydroxyl groups is 1. The third-order valence-electron chi connectivity index (χ3n) is 4.05. The van der Waals surface area contributed by atoms with Crippen LogP contribution in [0.4, 0.5) is 13.2 Å². The van der Waals surface area contributed by atoms with Crippen LogP contribution < -0.4 is 9.47 Å². The van der Waals surface area contributed by atoms with Crippen LogP contribution in [0.2, 0.25) is 0 Å². The van der Waals surface area contributed by atoms with Crippen molar-refractivity contribution in [1.29, 1.82) is 0 Å². The molecule has 10 heteroatoms. The van der Waals surface area contributed by atoms with Gasteiger partial charge in [-0.2, -0.15) is 18.3 Å². The van der Waals surface area contributed by atoms with Gasteiger partial charge in [-0.3, -0.25) is 0 Å². The normalized spacial score (nSPS) is 10.8. The lowest BCUT2D eigenvalue weighted by Gasteiger charge is -2.07. The van der Waals surface area contributed by atoms with Crippen LogP contribution in [0, 0.1) is 13.8 Å². The molecular formula is C22H21Cl2F3N2O3. The molecule has 172 valence electrons. The SMILES string of the molecule is Cc1c(C(F)(F)F)nn(C)c1Oc1ccc(O)cc1.Cc1ccc(OCC=C(Cl)Cl)cc1. The molecule has 1 N–H and O–H groups in total. The number of ether oxygens (including phenoxy) is 2. The van der Waals surface area contributed by atoms with Crippen molar-refractivity contribution in [2.24, 2.45) is 7.05 Å². The Morgan fingerprint density at radius 1 is 1.03 bits per heavy atom. The van der Waals surface area contributed by atoms with Crippen molar-refractivity contribution in [3.05, 3.63) is 75.9 Å². The first-order valence-corrected chi connectivity index (χ1v) is 10.0. The minimum Gasteiger partial charge on any atom is -0.508 e. The van der Waals surface area contributed by atoms with Gasteiger partial charge in [0.2, 0.25) is 5.88 Å². The molecule has 0 unspecified atom stereocenters. The summed E-state index contributed by atoms with van der Waals surface area (Å²) in [6.07, 6.45) is -2.92. The number of hydrogen-bond acceptors (Lipinski definition) is 4. The molecular weight excluding hydrogens is 468 g/mol. The Balaban J connectivity index is 0.000000244. The van der Waals surface area contributed by atoms with Crippen LogP contribution >= 0.6 is 23.2 Å². The first-order valence-electron chi connectivity index (χ1n) is 9.25. The Labute approximate surface area is 193 Å². The number of hydrogen-bond donors (Lipinski definition) is 1. The van der Waals surface area contributed by atoms with Gasteiger partial charge in [0.1, 0.15) is 28.3 Å². The van der Waals surface area contributed by atoms with E-state index in [4.69, 9.17) is 37.8 Å². The maximum absolute atomic E-state index is 12.7. The van der Waals surface area contributed by atoms with Crippen LogP contribution in [0.5, 0.6) is 23.1 Å². The summed E-state index contributed by atoms with van der Waals surface area (Å²) in [6.45, 7) is 3.72. The van der Waals surface area contributed by atoms with E-state index in [-0.39, 0.29) is 21.7 Å². The highest BCUT2D eigenvalue weighted by Crippen LogP contribution is 2.36. The molecule has 0 aliphatic heterocycles. The van der Waals surface area contributed by atoms with E-state index < -0.39 is 11.9 Å². The zero-order chi connectivity index (χ0) is 23.9. The van der Waals surface area contributed by atoms with Crippen LogP contribution in [0.1, 0.15) is 16.8 Å². The number of aromatic nitrogens is 2. The van der Waals surface area contributed by atoms with Gasteiger partial charge in [-0.05, 0) is 56.3 Å². The van der Waals surface area contributed by atoms with Crippen molar-refractivity contribution in [2.45, 2.75) is 20.0 Å². The summed E-state index contributed by atoms with van der Waals surface area (Å²) >= 11 is 10.8. The standard InChI is InChI=1S/C12H11F3N2O2.C10H10Cl2O/c1-7-10(12(13,14)15)16-17(2)11(7)19-9-5-3-8(18)4-6-9;1-8-2-4-9(5-3-8)13-7-6-10(11)12/h3-6,18H,1-2H3;2-6H,7H2,1H3. The Bertz CT molecular complexity index is 1040. The maximum atomic E-state index is 12.7. The summed E-state index contributed by atoms with van der Waals surface area (Å²) in [4.78, 5) is 0. The molecule has 2 aromatic carbocycles. The Morgan fingerprint density at radius 2 is 1.59 bits per heavy atom. The molecule has 5 nitrogen and oxygen atoms in total. The fourth-order valence-electron chi connectivity index (χ4n) is 2.49. The lowest BCUT2D eigenvalue weighted by Crippen LogP contribution is -2.08. The van der Waals surface area contributed by atoms with Crippen molar-refractivity contribution in [1.82, 2.24) is 9.78 Å². The molecule has 0 aliphatic rings. The first-order chi connectivity index (χ1) is 15.0. The predicted octanol–water partition coefficient (Wildman–Crippen LogP) is 6.94. The van der Waals surface area contributed by atoms with Gasteiger partial charge in [0.05, 0.1) is 0 Å². The average Bonchev–Trinajstić information content (AvgIpc) is 3.00. The number of phenols is 1. The molecule has 0 aliphatic carbocycles. The molecule has 0 saturated heterocycles. The zero-order valence-electron chi connectivity index (χ0n) is 17.5. The van der Waals surface area contributed by atoms with Crippen molar-refractivity contribution in [3.63, 3.8) is 0 Å². The number of rotatable bonds is 5. The van der Waals surface area contributed by atoms with E-state index in [0.717, 1.165) is 10.4 Å². The van der Waals surface area contributed by atoms with Crippen LogP contribution in [-0.2, 0) is 13.2 Å². The van der Waals surface area contributed by atoms with Crippen molar-refractivity contribution in [2.75, 3.05) is 6.61 Å². The molecule has 32 heavy (non-hydrogen) atoms. The largest absolute Gasteiger partial charge is 0.508 e. The molecule has 0 saturated carbocycles. The fraction of sp³-hybridized carbons (Fsp3) is 0.227. The smallest absolute Gasteiger partial charge is 0.435 e. The van der Waals surface area contributed by atoms with E-state index in [1.807, 2.05) is 31.2 Å². The minimum atomic E-state index is -4.52. The van der Waals surface area contributed by atoms with Crippen LogP contribution in [-0.4, -0.2) is 21.5 Å². The third kappa shape index (κ3) is 7.69. The molecule has 0 bridgehead atoms. The summed E-state index contributed by atoms with van der Waals surface area (Å²) in [5.41, 5.74) is 0.158. The average molecular weight is 489 g/mol. The first kappa shape index (κ1) is 25.4. The Morgan fingerprint density at radius 3 is 2.09 bits per heavy atom. The summed E-state index contributed by atoms with van der Waals surface area (Å²) in [5, 5.41) is 12.5. The fourth-order valence-corrected chi connectivity index (χ4v) is 2.61. The van der Waals surface area contributed by atoms with E-state index in [0.29, 0.717) is 12.4 Å². The van der Waals surface area contributed by atoms with Gasteiger partial charge in [-0.1, -0.05) is 40.9 Å². The number of aryl methyl sites for hydroxylation is 2. The number of nitrogens with zero attached hydrogens (tertiary/aromatic N) is 2. The van der Waals surface area contributed by atoms with Crippen molar-refractivity contribution in [3.8, 4) is 23.1 Å². The molecule has 1 aromatic heterocycles. The Hall–Kier alpha value is -2.84. The summed E-state index contributed by atoms with van der Waals surface area (Å²) in [6, 6.07) is 13.5. The summed E-state index contributed by atoms with van der Waals surface area (Å²) in [7, 11) is 1.37. The quantitative estimate of drug-likeness (QED) is 0.422. The summed E-state index contributed by atoms with van der Waals surface area (Å²) < 4.78 is 50.0. The minimum absolute atomic E-state index is 0.0121. The van der Waals surface area contributed by atoms with Gasteiger partial charge in [0.25, 0.3) is 0 Å².